The number of hydrogen-bond acceptors (Lipinski definition) is 10. The van der Waals surface area contributed by atoms with E-state index >= 15 is 0 Å². The fourth-order valence-corrected chi connectivity index (χ4v) is 3.13. The number of ether oxygens (including phenoxy) is 4. The number of methoxy groups -OCH3 is 1. The first-order valence-corrected chi connectivity index (χ1v) is 8.35. The van der Waals surface area contributed by atoms with Crippen LogP contribution >= 0.6 is 0 Å². The van der Waals surface area contributed by atoms with Gasteiger partial charge in [0.05, 0.1) is 25.6 Å². The third-order valence-electron chi connectivity index (χ3n) is 4.67. The predicted octanol–water partition coefficient (Wildman–Crippen LogP) is -1.78. The van der Waals surface area contributed by atoms with Crippen molar-refractivity contribution in [1.82, 2.24) is 0 Å². The van der Waals surface area contributed by atoms with Gasteiger partial charge in [0.15, 0.2) is 6.29 Å². The molecule has 0 aromatic carbocycles. The zero-order valence-corrected chi connectivity index (χ0v) is 14.7. The summed E-state index contributed by atoms with van der Waals surface area (Å²) in [6.07, 6.45) is -5.31. The number of esters is 1. The van der Waals surface area contributed by atoms with E-state index in [-0.39, 0.29) is 12.0 Å². The molecule has 10 heteroatoms. The van der Waals surface area contributed by atoms with E-state index < -0.39 is 61.4 Å². The molecule has 152 valence electrons. The summed E-state index contributed by atoms with van der Waals surface area (Å²) in [5, 5.41) is 39.0. The van der Waals surface area contributed by atoms with Crippen molar-refractivity contribution in [2.45, 2.75) is 43.4 Å². The van der Waals surface area contributed by atoms with Crippen LogP contribution in [0.25, 0.3) is 0 Å². The molecule has 1 saturated heterocycles. The van der Waals surface area contributed by atoms with Crippen LogP contribution in [0.15, 0.2) is 24.5 Å². The minimum atomic E-state index is -1.62. The van der Waals surface area contributed by atoms with Gasteiger partial charge in [-0.2, -0.15) is 0 Å². The van der Waals surface area contributed by atoms with Gasteiger partial charge in [0.1, 0.15) is 30.7 Å². The second-order valence-electron chi connectivity index (χ2n) is 6.22. The van der Waals surface area contributed by atoms with E-state index in [1.54, 1.807) is 0 Å². The van der Waals surface area contributed by atoms with Crippen LogP contribution < -0.4 is 0 Å². The van der Waals surface area contributed by atoms with Crippen LogP contribution in [0.4, 0.5) is 0 Å². The molecular formula is C17H24O10. The second kappa shape index (κ2) is 9.40. The molecule has 0 saturated carbocycles. The molecule has 0 aromatic heterocycles. The molecule has 10 nitrogen and oxygen atoms in total. The first kappa shape index (κ1) is 21.5. The highest BCUT2D eigenvalue weighted by atomic mass is 16.8. The lowest BCUT2D eigenvalue weighted by Gasteiger charge is -2.42. The molecule has 2 rings (SSSR count). The second-order valence-corrected chi connectivity index (χ2v) is 6.22. The van der Waals surface area contributed by atoms with Crippen molar-refractivity contribution in [2.75, 3.05) is 13.7 Å². The van der Waals surface area contributed by atoms with E-state index in [1.165, 1.54) is 13.2 Å². The van der Waals surface area contributed by atoms with Crippen LogP contribution in [-0.4, -0.2) is 83.4 Å². The summed E-state index contributed by atoms with van der Waals surface area (Å²) in [4.78, 5) is 23.0. The third kappa shape index (κ3) is 4.37. The average Bonchev–Trinajstić information content (AvgIpc) is 2.68. The lowest BCUT2D eigenvalue weighted by atomic mass is 9.82. The number of aliphatic hydroxyl groups is 4. The summed E-state index contributed by atoms with van der Waals surface area (Å²) >= 11 is 0. The Bertz CT molecular complexity index is 574. The number of carbonyl (C=O) groups is 2. The van der Waals surface area contributed by atoms with Crippen molar-refractivity contribution in [2.24, 2.45) is 11.8 Å². The lowest BCUT2D eigenvalue weighted by molar-refractivity contribution is -0.339. The van der Waals surface area contributed by atoms with Crippen LogP contribution in [0.5, 0.6) is 0 Å². The summed E-state index contributed by atoms with van der Waals surface area (Å²) in [5.74, 6) is -1.99. The number of aliphatic hydroxyl groups excluding tert-OH is 4. The van der Waals surface area contributed by atoms with Crippen molar-refractivity contribution >= 4 is 12.3 Å². The first-order chi connectivity index (χ1) is 12.9. The van der Waals surface area contributed by atoms with Gasteiger partial charge in [-0.3, -0.25) is 0 Å². The van der Waals surface area contributed by atoms with Gasteiger partial charge in [-0.25, -0.2) is 4.79 Å². The zero-order chi connectivity index (χ0) is 20.1. The normalized spacial score (nSPS) is 39.1. The highest BCUT2D eigenvalue weighted by Crippen LogP contribution is 2.36. The summed E-state index contributed by atoms with van der Waals surface area (Å²) in [6.45, 7) is 3.06. The molecule has 3 unspecified atom stereocenters. The molecule has 0 aromatic rings. The van der Waals surface area contributed by atoms with Gasteiger partial charge in [0, 0.05) is 18.3 Å². The fraction of sp³-hybridized carbons (Fsp3) is 0.647. The van der Waals surface area contributed by atoms with E-state index in [0.717, 1.165) is 6.26 Å². The maximum atomic E-state index is 11.9. The Balaban J connectivity index is 2.22. The van der Waals surface area contributed by atoms with Gasteiger partial charge >= 0.3 is 5.97 Å². The average molecular weight is 388 g/mol. The largest absolute Gasteiger partial charge is 0.471 e. The molecule has 0 aliphatic carbocycles. The van der Waals surface area contributed by atoms with Crippen molar-refractivity contribution in [1.29, 1.82) is 0 Å². The van der Waals surface area contributed by atoms with Gasteiger partial charge in [-0.05, 0) is 0 Å². The Morgan fingerprint density at radius 1 is 1.26 bits per heavy atom. The smallest absolute Gasteiger partial charge is 0.337 e. The Morgan fingerprint density at radius 2 is 1.96 bits per heavy atom. The van der Waals surface area contributed by atoms with Crippen LogP contribution in [0.3, 0.4) is 0 Å². The van der Waals surface area contributed by atoms with Gasteiger partial charge in [0.25, 0.3) is 0 Å². The predicted molar refractivity (Wildman–Crippen MR) is 87.7 cm³/mol. The first-order valence-electron chi connectivity index (χ1n) is 8.35. The van der Waals surface area contributed by atoms with Crippen molar-refractivity contribution in [3.05, 3.63) is 24.5 Å². The Morgan fingerprint density at radius 3 is 2.52 bits per heavy atom. The van der Waals surface area contributed by atoms with Crippen LogP contribution in [0, 0.1) is 11.8 Å². The number of hydrogen-bond donors (Lipinski definition) is 4. The highest BCUT2D eigenvalue weighted by Gasteiger charge is 2.47. The molecule has 2 heterocycles. The fourth-order valence-electron chi connectivity index (χ4n) is 3.13. The van der Waals surface area contributed by atoms with Gasteiger partial charge in [-0.15, -0.1) is 6.58 Å². The Labute approximate surface area is 155 Å². The van der Waals surface area contributed by atoms with Crippen LogP contribution in [0.1, 0.15) is 6.42 Å². The number of aldehydes is 1. The lowest BCUT2D eigenvalue weighted by Crippen LogP contribution is -2.60. The summed E-state index contributed by atoms with van der Waals surface area (Å²) < 4.78 is 21.0. The third-order valence-corrected chi connectivity index (χ3v) is 4.67. The maximum Gasteiger partial charge on any atom is 0.337 e. The SMILES string of the molecule is C=CC1C(O[C@@H]2O[C@H](CO)[C@@H](O)[C@H](O)[C@H]2O)OC=C(C(=O)OC)C1CC=O. The molecule has 0 amide bonds. The topological polar surface area (TPSA) is 152 Å². The van der Waals surface area contributed by atoms with Crippen molar-refractivity contribution in [3.63, 3.8) is 0 Å². The maximum absolute atomic E-state index is 11.9. The van der Waals surface area contributed by atoms with E-state index in [9.17, 15) is 30.0 Å². The molecular weight excluding hydrogens is 364 g/mol. The standard InChI is InChI=1S/C17H24O10/c1-3-8-9(4-5-18)10(15(23)24-2)7-25-16(8)27-17-14(22)13(21)12(20)11(6-19)26-17/h3,5,7-9,11-14,16-17,19-22H,1,4,6H2,2H3/t8?,9?,11-,12-,13+,14-,16?,17+/m1/s1. The molecule has 2 aliphatic rings. The van der Waals surface area contributed by atoms with Gasteiger partial charge in [0.2, 0.25) is 6.29 Å². The Kier molecular flexibility index (Phi) is 7.48. The molecule has 0 spiro atoms. The molecule has 27 heavy (non-hydrogen) atoms. The summed E-state index contributed by atoms with van der Waals surface area (Å²) in [5.41, 5.74) is 0.128. The quantitative estimate of drug-likeness (QED) is 0.224. The van der Waals surface area contributed by atoms with Gasteiger partial charge < -0.3 is 44.2 Å². The van der Waals surface area contributed by atoms with E-state index in [1.807, 2.05) is 0 Å². The minimum absolute atomic E-state index is 0.0322. The van der Waals surface area contributed by atoms with Crippen LogP contribution in [0.2, 0.25) is 0 Å². The van der Waals surface area contributed by atoms with Crippen molar-refractivity contribution in [3.8, 4) is 0 Å². The molecule has 8 atom stereocenters. The zero-order valence-electron chi connectivity index (χ0n) is 14.7. The number of rotatable bonds is 7. The molecule has 0 radical (unpaired) electrons. The summed E-state index contributed by atoms with van der Waals surface area (Å²) in [7, 11) is 1.20. The molecule has 1 fully saturated rings. The molecule has 2 aliphatic heterocycles. The van der Waals surface area contributed by atoms with Crippen molar-refractivity contribution < 1.29 is 49.0 Å². The van der Waals surface area contributed by atoms with E-state index in [2.05, 4.69) is 11.3 Å². The van der Waals surface area contributed by atoms with Crippen LogP contribution in [-0.2, 0) is 28.5 Å². The Hall–Kier alpha value is -1.82. The monoisotopic (exact) mass is 388 g/mol. The number of carbonyl (C=O) groups excluding carboxylic acids is 2. The summed E-state index contributed by atoms with van der Waals surface area (Å²) in [6, 6.07) is 0. The highest BCUT2D eigenvalue weighted by molar-refractivity contribution is 5.89. The minimum Gasteiger partial charge on any atom is -0.471 e. The molecule has 0 bridgehead atoms. The van der Waals surface area contributed by atoms with Gasteiger partial charge in [-0.1, -0.05) is 6.08 Å². The van der Waals surface area contributed by atoms with E-state index in [4.69, 9.17) is 14.2 Å². The van der Waals surface area contributed by atoms with E-state index in [0.29, 0.717) is 6.29 Å². The molecule has 4 N–H and O–H groups in total.